The fourth-order valence-electron chi connectivity index (χ4n) is 1.72. The van der Waals surface area contributed by atoms with Gasteiger partial charge in [-0.05, 0) is 30.2 Å². The van der Waals surface area contributed by atoms with Crippen molar-refractivity contribution in [2.45, 2.75) is 18.2 Å². The van der Waals surface area contributed by atoms with Crippen LogP contribution >= 0.6 is 11.6 Å². The molecule has 16 heavy (non-hydrogen) atoms. The van der Waals surface area contributed by atoms with Gasteiger partial charge in [-0.25, -0.2) is 8.42 Å². The van der Waals surface area contributed by atoms with E-state index < -0.39 is 9.84 Å². The molecule has 0 amide bonds. The molecule has 5 heteroatoms. The first kappa shape index (κ1) is 11.4. The molecule has 1 aliphatic rings. The second-order valence-corrected chi connectivity index (χ2v) is 5.91. The molecule has 0 atom stereocenters. The summed E-state index contributed by atoms with van der Waals surface area (Å²) in [6.45, 7) is 1.43. The van der Waals surface area contributed by atoms with Gasteiger partial charge in [-0.3, -0.25) is 4.79 Å². The van der Waals surface area contributed by atoms with Gasteiger partial charge in [0.05, 0.1) is 4.90 Å². The minimum absolute atomic E-state index is 0.0655. The molecule has 0 radical (unpaired) electrons. The van der Waals surface area contributed by atoms with Crippen molar-refractivity contribution in [3.05, 3.63) is 34.2 Å². The lowest BCUT2D eigenvalue weighted by Crippen LogP contribution is -1.93. The molecule has 1 aromatic carbocycles. The van der Waals surface area contributed by atoms with Gasteiger partial charge in [-0.2, -0.15) is 0 Å². The first-order chi connectivity index (χ1) is 7.40. The summed E-state index contributed by atoms with van der Waals surface area (Å²) in [4.78, 5) is 11.2. The maximum absolute atomic E-state index is 11.8. The summed E-state index contributed by atoms with van der Waals surface area (Å²) >= 11 is 5.75. The number of hydrogen-bond acceptors (Lipinski definition) is 3. The number of benzene rings is 1. The summed E-state index contributed by atoms with van der Waals surface area (Å²) in [7, 11) is -3.42. The van der Waals surface area contributed by atoms with E-state index in [1.165, 1.54) is 13.0 Å². The predicted molar refractivity (Wildman–Crippen MR) is 61.9 cm³/mol. The molecule has 0 bridgehead atoms. The van der Waals surface area contributed by atoms with E-state index in [2.05, 4.69) is 0 Å². The maximum atomic E-state index is 11.8. The number of carbonyl (C=O) groups excluding carboxylic acids is 1. The highest BCUT2D eigenvalue weighted by Gasteiger charge is 2.27. The number of carbonyl (C=O) groups is 1. The molecular formula is C11H9ClO3S. The highest BCUT2D eigenvalue weighted by atomic mass is 35.5. The lowest BCUT2D eigenvalue weighted by Gasteiger charge is -2.02. The Bertz CT molecular complexity index is 600. The minimum atomic E-state index is -3.42. The molecule has 0 saturated heterocycles. The van der Waals surface area contributed by atoms with Crippen molar-refractivity contribution in [3.8, 4) is 0 Å². The Balaban J connectivity index is 2.60. The first-order valence-corrected chi connectivity index (χ1v) is 6.57. The summed E-state index contributed by atoms with van der Waals surface area (Å²) in [5, 5.41) is 1.52. The van der Waals surface area contributed by atoms with Crippen LogP contribution in [0.2, 0.25) is 5.02 Å². The zero-order valence-electron chi connectivity index (χ0n) is 8.53. The van der Waals surface area contributed by atoms with Crippen LogP contribution in [0.5, 0.6) is 0 Å². The summed E-state index contributed by atoms with van der Waals surface area (Å²) in [5.41, 5.74) is 1.12. The van der Waals surface area contributed by atoms with E-state index in [1.54, 1.807) is 12.1 Å². The van der Waals surface area contributed by atoms with Crippen molar-refractivity contribution >= 4 is 32.8 Å². The quantitative estimate of drug-likeness (QED) is 0.817. The summed E-state index contributed by atoms with van der Waals surface area (Å²) in [5.74, 6) is -0.0655. The van der Waals surface area contributed by atoms with Gasteiger partial charge in [0.15, 0.2) is 0 Å². The van der Waals surface area contributed by atoms with Crippen LogP contribution in [-0.2, 0) is 14.6 Å². The Morgan fingerprint density at radius 1 is 1.38 bits per heavy atom. The Hall–Kier alpha value is -1.13. The van der Waals surface area contributed by atoms with Crippen molar-refractivity contribution in [2.75, 3.05) is 0 Å². The lowest BCUT2D eigenvalue weighted by molar-refractivity contribution is -0.116. The Labute approximate surface area is 98.7 Å². The molecule has 0 saturated carbocycles. The minimum Gasteiger partial charge on any atom is -0.300 e. The molecule has 0 unspecified atom stereocenters. The van der Waals surface area contributed by atoms with Crippen LogP contribution in [0.25, 0.3) is 5.57 Å². The normalized spacial score (nSPS) is 16.8. The molecule has 0 N–H and O–H groups in total. The number of sulfone groups is 1. The lowest BCUT2D eigenvalue weighted by atomic mass is 10.0. The van der Waals surface area contributed by atoms with Crippen molar-refractivity contribution in [1.29, 1.82) is 0 Å². The van der Waals surface area contributed by atoms with Gasteiger partial charge in [0.2, 0.25) is 9.84 Å². The second-order valence-electron chi connectivity index (χ2n) is 3.71. The second kappa shape index (κ2) is 3.71. The van der Waals surface area contributed by atoms with Gasteiger partial charge in [-0.1, -0.05) is 17.7 Å². The number of ketones is 1. The van der Waals surface area contributed by atoms with E-state index in [-0.39, 0.29) is 17.1 Å². The van der Waals surface area contributed by atoms with Crippen LogP contribution in [0.15, 0.2) is 28.5 Å². The van der Waals surface area contributed by atoms with E-state index >= 15 is 0 Å². The number of halogens is 1. The van der Waals surface area contributed by atoms with E-state index in [1.807, 2.05) is 0 Å². The van der Waals surface area contributed by atoms with Crippen molar-refractivity contribution in [3.63, 3.8) is 0 Å². The van der Waals surface area contributed by atoms with E-state index in [4.69, 9.17) is 11.6 Å². The van der Waals surface area contributed by atoms with Crippen LogP contribution in [0.4, 0.5) is 0 Å². The third kappa shape index (κ3) is 1.90. The van der Waals surface area contributed by atoms with Crippen LogP contribution in [0.1, 0.15) is 18.9 Å². The molecule has 1 aromatic rings. The molecule has 0 aliphatic carbocycles. The topological polar surface area (TPSA) is 51.2 Å². The fourth-order valence-corrected chi connectivity index (χ4v) is 3.46. The van der Waals surface area contributed by atoms with Crippen molar-refractivity contribution in [1.82, 2.24) is 0 Å². The zero-order chi connectivity index (χ0) is 11.9. The Kier molecular flexibility index (Phi) is 2.64. The maximum Gasteiger partial charge on any atom is 0.200 e. The molecule has 2 rings (SSSR count). The molecule has 1 aliphatic heterocycles. The van der Waals surface area contributed by atoms with Crippen molar-refractivity contribution < 1.29 is 13.2 Å². The molecule has 0 fully saturated rings. The van der Waals surface area contributed by atoms with Crippen LogP contribution < -0.4 is 0 Å². The average molecular weight is 257 g/mol. The predicted octanol–water partition coefficient (Wildman–Crippen LogP) is 2.45. The highest BCUT2D eigenvalue weighted by molar-refractivity contribution is 7.95. The van der Waals surface area contributed by atoms with Gasteiger partial charge in [0, 0.05) is 16.9 Å². The van der Waals surface area contributed by atoms with E-state index in [9.17, 15) is 13.2 Å². The monoisotopic (exact) mass is 256 g/mol. The van der Waals surface area contributed by atoms with Gasteiger partial charge >= 0.3 is 0 Å². The summed E-state index contributed by atoms with van der Waals surface area (Å²) in [6, 6.07) is 4.67. The summed E-state index contributed by atoms with van der Waals surface area (Å²) < 4.78 is 23.5. The third-order valence-electron chi connectivity index (χ3n) is 2.33. The fraction of sp³-hybridized carbons (Fsp3) is 0.182. The number of Topliss-reactive ketones (excluding diaryl/α,β-unsaturated/α-hetero) is 1. The zero-order valence-corrected chi connectivity index (χ0v) is 10.1. The third-order valence-corrected chi connectivity index (χ3v) is 4.11. The summed E-state index contributed by atoms with van der Waals surface area (Å²) in [6.07, 6.45) is 0.133. The highest BCUT2D eigenvalue weighted by Crippen LogP contribution is 2.36. The van der Waals surface area contributed by atoms with Crippen molar-refractivity contribution in [2.24, 2.45) is 0 Å². The molecule has 0 spiro atoms. The molecule has 84 valence electrons. The number of allylic oxidation sites excluding steroid dienone is 1. The van der Waals surface area contributed by atoms with Gasteiger partial charge in [-0.15, -0.1) is 0 Å². The van der Waals surface area contributed by atoms with Gasteiger partial charge in [0.1, 0.15) is 5.78 Å². The number of hydrogen-bond donors (Lipinski definition) is 0. The Morgan fingerprint density at radius 2 is 2.06 bits per heavy atom. The largest absolute Gasteiger partial charge is 0.300 e. The smallest absolute Gasteiger partial charge is 0.200 e. The van der Waals surface area contributed by atoms with Gasteiger partial charge < -0.3 is 0 Å². The SMILES string of the molecule is CC(=O)CC1=CS(=O)(=O)c2cc(Cl)ccc21. The van der Waals surface area contributed by atoms with Crippen LogP contribution in [-0.4, -0.2) is 14.2 Å². The molecule has 1 heterocycles. The Morgan fingerprint density at radius 3 is 2.69 bits per heavy atom. The number of fused-ring (bicyclic) bond motifs is 1. The first-order valence-electron chi connectivity index (χ1n) is 4.65. The van der Waals surface area contributed by atoms with E-state index in [0.717, 1.165) is 5.41 Å². The molecular weight excluding hydrogens is 248 g/mol. The van der Waals surface area contributed by atoms with Crippen LogP contribution in [0, 0.1) is 0 Å². The molecule has 0 aromatic heterocycles. The van der Waals surface area contributed by atoms with E-state index in [0.29, 0.717) is 16.2 Å². The number of rotatable bonds is 2. The average Bonchev–Trinajstić information content (AvgIpc) is 2.37. The van der Waals surface area contributed by atoms with Crippen LogP contribution in [0.3, 0.4) is 0 Å². The van der Waals surface area contributed by atoms with Gasteiger partial charge in [0.25, 0.3) is 0 Å². The molecule has 3 nitrogen and oxygen atoms in total. The standard InChI is InChI=1S/C11H9ClO3S/c1-7(13)4-8-6-16(14,15)11-5-9(12)2-3-10(8)11/h2-3,5-6H,4H2,1H3.